The van der Waals surface area contributed by atoms with Gasteiger partial charge in [0.2, 0.25) is 6.41 Å². The molecule has 0 saturated heterocycles. The van der Waals surface area contributed by atoms with Gasteiger partial charge in [0.05, 0.1) is 5.25 Å². The van der Waals surface area contributed by atoms with Gasteiger partial charge in [0.15, 0.2) is 0 Å². The summed E-state index contributed by atoms with van der Waals surface area (Å²) < 4.78 is 0. The number of carboxylic acids is 2. The van der Waals surface area contributed by atoms with E-state index in [1.165, 1.54) is 6.92 Å². The van der Waals surface area contributed by atoms with Crippen LogP contribution in [0.3, 0.4) is 0 Å². The monoisotopic (exact) mass is 221 g/mol. The van der Waals surface area contributed by atoms with E-state index >= 15 is 0 Å². The van der Waals surface area contributed by atoms with Gasteiger partial charge in [-0.3, -0.25) is 9.59 Å². The molecule has 14 heavy (non-hydrogen) atoms. The molecule has 0 bridgehead atoms. The molecule has 0 aliphatic heterocycles. The van der Waals surface area contributed by atoms with Crippen molar-refractivity contribution >= 4 is 30.1 Å². The predicted octanol–water partition coefficient (Wildman–Crippen LogP) is -0.608. The molecule has 1 amide bonds. The minimum absolute atomic E-state index is 0.0293. The Morgan fingerprint density at radius 1 is 1.43 bits per heavy atom. The van der Waals surface area contributed by atoms with Crippen molar-refractivity contribution in [2.75, 3.05) is 5.75 Å². The Morgan fingerprint density at radius 3 is 2.36 bits per heavy atom. The molecule has 0 aromatic heterocycles. The summed E-state index contributed by atoms with van der Waals surface area (Å²) in [6, 6.07) is -1.04. The van der Waals surface area contributed by atoms with Crippen molar-refractivity contribution in [2.24, 2.45) is 0 Å². The largest absolute Gasteiger partial charge is 0.480 e. The van der Waals surface area contributed by atoms with Gasteiger partial charge in [-0.2, -0.15) is 0 Å². The first-order valence-corrected chi connectivity index (χ1v) is 4.80. The molecule has 0 aliphatic carbocycles. The fourth-order valence-corrected chi connectivity index (χ4v) is 1.45. The third kappa shape index (κ3) is 4.70. The van der Waals surface area contributed by atoms with Gasteiger partial charge in [0.1, 0.15) is 6.04 Å². The van der Waals surface area contributed by atoms with E-state index in [-0.39, 0.29) is 12.2 Å². The molecule has 6 nitrogen and oxygen atoms in total. The van der Waals surface area contributed by atoms with Gasteiger partial charge in [-0.1, -0.05) is 0 Å². The summed E-state index contributed by atoms with van der Waals surface area (Å²) in [5.74, 6) is -2.16. The lowest BCUT2D eigenvalue weighted by molar-refractivity contribution is -0.140. The van der Waals surface area contributed by atoms with Crippen LogP contribution in [0.5, 0.6) is 0 Å². The van der Waals surface area contributed by atoms with E-state index in [1.54, 1.807) is 0 Å². The van der Waals surface area contributed by atoms with Crippen LogP contribution in [0.1, 0.15) is 6.92 Å². The number of thioether (sulfide) groups is 1. The summed E-state index contributed by atoms with van der Waals surface area (Å²) in [6.45, 7) is 1.45. The predicted molar refractivity (Wildman–Crippen MR) is 50.2 cm³/mol. The van der Waals surface area contributed by atoms with E-state index < -0.39 is 23.2 Å². The Kier molecular flexibility index (Phi) is 5.70. The number of carbonyl (C=O) groups excluding carboxylic acids is 1. The molecule has 0 spiro atoms. The number of hydrogen-bond donors (Lipinski definition) is 3. The maximum absolute atomic E-state index is 10.5. The van der Waals surface area contributed by atoms with Crippen molar-refractivity contribution in [2.45, 2.75) is 18.2 Å². The number of carboxylic acid groups (broad SMARTS) is 2. The molecule has 0 heterocycles. The van der Waals surface area contributed by atoms with Crippen LogP contribution in [0.15, 0.2) is 0 Å². The molecule has 7 heteroatoms. The van der Waals surface area contributed by atoms with E-state index in [0.29, 0.717) is 0 Å². The summed E-state index contributed by atoms with van der Waals surface area (Å²) >= 11 is 0.959. The van der Waals surface area contributed by atoms with E-state index in [4.69, 9.17) is 10.2 Å². The average Bonchev–Trinajstić information content (AvgIpc) is 2.10. The number of nitrogens with one attached hydrogen (secondary N) is 1. The van der Waals surface area contributed by atoms with E-state index in [2.05, 4.69) is 5.32 Å². The highest BCUT2D eigenvalue weighted by molar-refractivity contribution is 8.00. The van der Waals surface area contributed by atoms with Crippen molar-refractivity contribution in [1.29, 1.82) is 0 Å². The Labute approximate surface area is 84.7 Å². The fraction of sp³-hybridized carbons (Fsp3) is 0.571. The molecule has 80 valence electrons. The van der Waals surface area contributed by atoms with Crippen molar-refractivity contribution in [3.05, 3.63) is 0 Å². The van der Waals surface area contributed by atoms with Crippen molar-refractivity contribution in [1.82, 2.24) is 5.32 Å². The maximum atomic E-state index is 10.5. The van der Waals surface area contributed by atoms with Gasteiger partial charge >= 0.3 is 11.9 Å². The number of aliphatic carboxylic acids is 2. The second-order valence-electron chi connectivity index (χ2n) is 2.49. The third-order valence-corrected chi connectivity index (χ3v) is 2.66. The Balaban J connectivity index is 3.99. The van der Waals surface area contributed by atoms with Gasteiger partial charge in [-0.25, -0.2) is 4.79 Å². The second-order valence-corrected chi connectivity index (χ2v) is 3.86. The van der Waals surface area contributed by atoms with Crippen LogP contribution in [0.25, 0.3) is 0 Å². The summed E-state index contributed by atoms with van der Waals surface area (Å²) in [7, 11) is 0. The molecule has 0 aliphatic rings. The van der Waals surface area contributed by atoms with Crippen molar-refractivity contribution < 1.29 is 24.6 Å². The molecule has 0 saturated carbocycles. The van der Waals surface area contributed by atoms with Crippen LogP contribution in [0.4, 0.5) is 0 Å². The zero-order valence-electron chi connectivity index (χ0n) is 7.47. The van der Waals surface area contributed by atoms with Gasteiger partial charge in [0, 0.05) is 5.75 Å². The third-order valence-electron chi connectivity index (χ3n) is 1.43. The molecule has 2 atom stereocenters. The lowest BCUT2D eigenvalue weighted by atomic mass is 10.3. The topological polar surface area (TPSA) is 104 Å². The van der Waals surface area contributed by atoms with E-state index in [1.807, 2.05) is 0 Å². The van der Waals surface area contributed by atoms with Crippen LogP contribution in [-0.2, 0) is 14.4 Å². The molecule has 0 radical (unpaired) electrons. The smallest absolute Gasteiger partial charge is 0.327 e. The minimum atomic E-state index is -1.18. The van der Waals surface area contributed by atoms with Crippen LogP contribution in [-0.4, -0.2) is 45.6 Å². The molecule has 0 aromatic carbocycles. The summed E-state index contributed by atoms with van der Waals surface area (Å²) in [5.41, 5.74) is 0. The van der Waals surface area contributed by atoms with Crippen molar-refractivity contribution in [3.8, 4) is 0 Å². The summed E-state index contributed by atoms with van der Waals surface area (Å²) in [4.78, 5) is 30.9. The fourth-order valence-electron chi connectivity index (χ4n) is 0.585. The summed E-state index contributed by atoms with van der Waals surface area (Å²) in [5, 5.41) is 18.5. The minimum Gasteiger partial charge on any atom is -0.480 e. The highest BCUT2D eigenvalue weighted by Crippen LogP contribution is 2.11. The molecule has 2 unspecified atom stereocenters. The Morgan fingerprint density at radius 2 is 2.00 bits per heavy atom. The van der Waals surface area contributed by atoms with Crippen LogP contribution >= 0.6 is 11.8 Å². The molecule has 0 fully saturated rings. The van der Waals surface area contributed by atoms with Gasteiger partial charge in [-0.15, -0.1) is 11.8 Å². The first kappa shape index (κ1) is 12.8. The van der Waals surface area contributed by atoms with Crippen LogP contribution in [0.2, 0.25) is 0 Å². The normalized spacial score (nSPS) is 14.1. The lowest BCUT2D eigenvalue weighted by Gasteiger charge is -2.12. The SMILES string of the molecule is CC(SCC(NC=O)C(=O)O)C(=O)O. The quantitative estimate of drug-likeness (QED) is 0.495. The summed E-state index contributed by atoms with van der Waals surface area (Å²) in [6.07, 6.45) is 0.283. The van der Waals surface area contributed by atoms with Crippen LogP contribution in [0, 0.1) is 0 Å². The lowest BCUT2D eigenvalue weighted by Crippen LogP contribution is -2.38. The Hall–Kier alpha value is -1.24. The zero-order chi connectivity index (χ0) is 11.1. The second kappa shape index (κ2) is 6.25. The highest BCUT2D eigenvalue weighted by atomic mass is 32.2. The number of hydrogen-bond acceptors (Lipinski definition) is 4. The maximum Gasteiger partial charge on any atom is 0.327 e. The first-order valence-electron chi connectivity index (χ1n) is 3.76. The number of rotatable bonds is 7. The molecular formula is C7H11NO5S. The van der Waals surface area contributed by atoms with E-state index in [0.717, 1.165) is 11.8 Å². The zero-order valence-corrected chi connectivity index (χ0v) is 8.28. The average molecular weight is 221 g/mol. The van der Waals surface area contributed by atoms with Gasteiger partial charge in [0.25, 0.3) is 0 Å². The van der Waals surface area contributed by atoms with Gasteiger partial charge in [-0.05, 0) is 6.92 Å². The van der Waals surface area contributed by atoms with Gasteiger partial charge < -0.3 is 15.5 Å². The molecule has 0 aromatic rings. The van der Waals surface area contributed by atoms with Crippen LogP contribution < -0.4 is 5.32 Å². The number of carbonyl (C=O) groups is 3. The van der Waals surface area contributed by atoms with E-state index in [9.17, 15) is 14.4 Å². The number of amides is 1. The Bertz CT molecular complexity index is 232. The first-order chi connectivity index (χ1) is 6.49. The molecule has 3 N–H and O–H groups in total. The highest BCUT2D eigenvalue weighted by Gasteiger charge is 2.19. The molecule has 0 rings (SSSR count). The standard InChI is InChI=1S/C7H11NO5S/c1-4(6(10)11)14-2-5(7(12)13)8-3-9/h3-5H,2H2,1H3,(H,8,9)(H,10,11)(H,12,13). The molecular weight excluding hydrogens is 210 g/mol. The van der Waals surface area contributed by atoms with Crippen molar-refractivity contribution in [3.63, 3.8) is 0 Å².